The van der Waals surface area contributed by atoms with Gasteiger partial charge in [-0.15, -0.1) is 0 Å². The van der Waals surface area contributed by atoms with Gasteiger partial charge in [-0.05, 0) is 37.5 Å². The number of rotatable bonds is 72. The second-order valence-electron chi connectivity index (χ2n) is 27.1. The minimum Gasteiger partial charge on any atom is -0.462 e. The van der Waals surface area contributed by atoms with Crippen molar-refractivity contribution in [3.8, 4) is 0 Å². The number of aliphatic hydroxyl groups is 1. The molecule has 19 heteroatoms. The highest BCUT2D eigenvalue weighted by molar-refractivity contribution is 7.47. The normalized spacial score (nSPS) is 14.4. The maximum absolute atomic E-state index is 13.1. The zero-order valence-corrected chi connectivity index (χ0v) is 61.6. The van der Waals surface area contributed by atoms with E-state index in [4.69, 9.17) is 37.0 Å². The Balaban J connectivity index is 5.21. The Morgan fingerprint density at radius 2 is 0.554 bits per heavy atom. The van der Waals surface area contributed by atoms with Crippen molar-refractivity contribution in [1.82, 2.24) is 0 Å². The van der Waals surface area contributed by atoms with E-state index in [9.17, 15) is 43.2 Å². The summed E-state index contributed by atoms with van der Waals surface area (Å²) in [4.78, 5) is 72.6. The van der Waals surface area contributed by atoms with Gasteiger partial charge in [-0.1, -0.05) is 324 Å². The van der Waals surface area contributed by atoms with Gasteiger partial charge < -0.3 is 33.8 Å². The summed E-state index contributed by atoms with van der Waals surface area (Å²) in [5, 5.41) is 10.6. The molecular formula is C73H142O17P2. The second-order valence-corrected chi connectivity index (χ2v) is 30.0. The highest BCUT2D eigenvalue weighted by atomic mass is 31.2. The van der Waals surface area contributed by atoms with Crippen molar-refractivity contribution >= 4 is 39.5 Å². The van der Waals surface area contributed by atoms with E-state index < -0.39 is 97.5 Å². The van der Waals surface area contributed by atoms with Gasteiger partial charge in [0.25, 0.3) is 0 Å². The first kappa shape index (κ1) is 90.1. The standard InChI is InChI=1S/C73H142O17P2/c1-7-10-12-14-16-18-25-33-39-45-51-57-72(77)89-68(61-83-70(75)55-49-43-37-17-15-13-11-8-2)63-87-91(79,80)85-59-67(74)60-86-92(81,82)88-64-69(62-84-71(76)56-50-44-38-32-28-24-23-26-30-35-41-47-53-65(4)5)90-73(78)58-52-46-40-34-29-22-20-19-21-27-31-36-42-48-54-66(6)9-3/h65-69,74H,7-64H2,1-6H3,(H,79,80)(H,81,82)/t66?,67-,68+,69+/m0/s1. The molecule has 0 radical (unpaired) electrons. The van der Waals surface area contributed by atoms with Crippen molar-refractivity contribution in [2.75, 3.05) is 39.6 Å². The maximum atomic E-state index is 13.1. The lowest BCUT2D eigenvalue weighted by Crippen LogP contribution is -2.30. The first-order valence-corrected chi connectivity index (χ1v) is 41.0. The molecule has 0 heterocycles. The first-order chi connectivity index (χ1) is 44.4. The molecule has 546 valence electrons. The van der Waals surface area contributed by atoms with E-state index in [0.717, 1.165) is 108 Å². The summed E-state index contributed by atoms with van der Waals surface area (Å²) in [6.07, 6.45) is 51.2. The molecule has 6 atom stereocenters. The maximum Gasteiger partial charge on any atom is 0.472 e. The summed E-state index contributed by atoms with van der Waals surface area (Å²) in [6, 6.07) is 0. The van der Waals surface area contributed by atoms with E-state index in [2.05, 4.69) is 41.5 Å². The number of aliphatic hydroxyl groups excluding tert-OH is 1. The number of phosphoric acid groups is 2. The molecule has 0 aliphatic carbocycles. The van der Waals surface area contributed by atoms with Crippen molar-refractivity contribution in [1.29, 1.82) is 0 Å². The number of carbonyl (C=O) groups is 4. The Labute approximate surface area is 562 Å². The molecule has 0 saturated heterocycles. The molecule has 0 amide bonds. The molecule has 3 unspecified atom stereocenters. The van der Waals surface area contributed by atoms with E-state index in [-0.39, 0.29) is 25.7 Å². The lowest BCUT2D eigenvalue weighted by molar-refractivity contribution is -0.161. The third kappa shape index (κ3) is 65.4. The average molecular weight is 1350 g/mol. The van der Waals surface area contributed by atoms with Crippen LogP contribution < -0.4 is 0 Å². The monoisotopic (exact) mass is 1350 g/mol. The van der Waals surface area contributed by atoms with Crippen LogP contribution in [0.1, 0.15) is 375 Å². The van der Waals surface area contributed by atoms with Crippen molar-refractivity contribution in [2.45, 2.75) is 394 Å². The molecule has 0 aromatic heterocycles. The van der Waals surface area contributed by atoms with Crippen LogP contribution in [0.25, 0.3) is 0 Å². The molecule has 0 bridgehead atoms. The zero-order valence-electron chi connectivity index (χ0n) is 59.9. The van der Waals surface area contributed by atoms with Crippen molar-refractivity contribution in [3.05, 3.63) is 0 Å². The predicted molar refractivity (Wildman–Crippen MR) is 372 cm³/mol. The minimum atomic E-state index is -4.95. The summed E-state index contributed by atoms with van der Waals surface area (Å²) in [7, 11) is -9.90. The molecule has 0 saturated carbocycles. The van der Waals surface area contributed by atoms with E-state index in [1.54, 1.807) is 0 Å². The summed E-state index contributed by atoms with van der Waals surface area (Å²) in [6.45, 7) is 9.61. The van der Waals surface area contributed by atoms with Crippen LogP contribution in [0.5, 0.6) is 0 Å². The van der Waals surface area contributed by atoms with E-state index >= 15 is 0 Å². The van der Waals surface area contributed by atoms with Crippen molar-refractivity contribution in [2.24, 2.45) is 11.8 Å². The molecule has 0 aromatic carbocycles. The molecule has 0 spiro atoms. The highest BCUT2D eigenvalue weighted by Crippen LogP contribution is 2.45. The van der Waals surface area contributed by atoms with Crippen LogP contribution >= 0.6 is 15.6 Å². The summed E-state index contributed by atoms with van der Waals surface area (Å²) in [5.41, 5.74) is 0. The molecule has 0 aliphatic rings. The topological polar surface area (TPSA) is 237 Å². The summed E-state index contributed by atoms with van der Waals surface area (Å²) < 4.78 is 68.3. The van der Waals surface area contributed by atoms with E-state index in [0.29, 0.717) is 25.7 Å². The molecule has 17 nitrogen and oxygen atoms in total. The van der Waals surface area contributed by atoms with Crippen LogP contribution in [-0.4, -0.2) is 96.7 Å². The quantitative estimate of drug-likeness (QED) is 0.0222. The molecule has 0 fully saturated rings. The lowest BCUT2D eigenvalue weighted by Gasteiger charge is -2.21. The Bertz CT molecular complexity index is 1790. The number of hydrogen-bond donors (Lipinski definition) is 3. The van der Waals surface area contributed by atoms with Gasteiger partial charge in [0.2, 0.25) is 0 Å². The number of hydrogen-bond acceptors (Lipinski definition) is 15. The predicted octanol–water partition coefficient (Wildman–Crippen LogP) is 21.2. The number of carbonyl (C=O) groups excluding carboxylic acids is 4. The summed E-state index contributed by atoms with van der Waals surface area (Å²) in [5.74, 6) is -0.494. The van der Waals surface area contributed by atoms with Crippen molar-refractivity contribution in [3.63, 3.8) is 0 Å². The van der Waals surface area contributed by atoms with Crippen LogP contribution in [0, 0.1) is 11.8 Å². The van der Waals surface area contributed by atoms with Gasteiger partial charge in [-0.3, -0.25) is 37.3 Å². The Morgan fingerprint density at radius 3 is 0.826 bits per heavy atom. The highest BCUT2D eigenvalue weighted by Gasteiger charge is 2.30. The number of unbranched alkanes of at least 4 members (excludes halogenated alkanes) is 41. The third-order valence-electron chi connectivity index (χ3n) is 17.3. The fourth-order valence-electron chi connectivity index (χ4n) is 11.1. The van der Waals surface area contributed by atoms with Gasteiger partial charge >= 0.3 is 39.5 Å². The van der Waals surface area contributed by atoms with Gasteiger partial charge in [0.05, 0.1) is 26.4 Å². The molecule has 0 aromatic rings. The van der Waals surface area contributed by atoms with Gasteiger partial charge in [-0.25, -0.2) is 9.13 Å². The average Bonchev–Trinajstić information content (AvgIpc) is 2.23. The van der Waals surface area contributed by atoms with Crippen LogP contribution in [-0.2, 0) is 65.4 Å². The first-order valence-electron chi connectivity index (χ1n) is 38.0. The summed E-state index contributed by atoms with van der Waals surface area (Å²) >= 11 is 0. The zero-order chi connectivity index (χ0) is 67.9. The number of phosphoric ester groups is 2. The third-order valence-corrected chi connectivity index (χ3v) is 19.2. The van der Waals surface area contributed by atoms with E-state index in [1.807, 2.05) is 0 Å². The minimum absolute atomic E-state index is 0.107. The SMILES string of the molecule is CCCCCCCCCCCCCC(=O)O[C@H](COC(=O)CCCCCCCCCC)COP(=O)(O)OC[C@H](O)COP(=O)(O)OC[C@@H](COC(=O)CCCCCCCCCCCCCCC(C)C)OC(=O)CCCCCCCCCCCCCCCCC(C)CC. The Hall–Kier alpha value is -1.94. The Kier molecular flexibility index (Phi) is 63.7. The lowest BCUT2D eigenvalue weighted by atomic mass is 9.99. The van der Waals surface area contributed by atoms with Gasteiger partial charge in [0.1, 0.15) is 19.3 Å². The smallest absolute Gasteiger partial charge is 0.462 e. The fourth-order valence-corrected chi connectivity index (χ4v) is 12.7. The second kappa shape index (κ2) is 65.0. The molecule has 0 aliphatic heterocycles. The van der Waals surface area contributed by atoms with Crippen molar-refractivity contribution < 1.29 is 80.2 Å². The fraction of sp³-hybridized carbons (Fsp3) is 0.945. The van der Waals surface area contributed by atoms with Gasteiger partial charge in [-0.2, -0.15) is 0 Å². The van der Waals surface area contributed by atoms with Crippen LogP contribution in [0.15, 0.2) is 0 Å². The van der Waals surface area contributed by atoms with Gasteiger partial charge in [0.15, 0.2) is 12.2 Å². The van der Waals surface area contributed by atoms with Gasteiger partial charge in [0, 0.05) is 25.7 Å². The molecule has 3 N–H and O–H groups in total. The van der Waals surface area contributed by atoms with Crippen LogP contribution in [0.4, 0.5) is 0 Å². The number of esters is 4. The number of ether oxygens (including phenoxy) is 4. The molecule has 0 rings (SSSR count). The molecule has 92 heavy (non-hydrogen) atoms. The largest absolute Gasteiger partial charge is 0.472 e. The van der Waals surface area contributed by atoms with E-state index in [1.165, 1.54) is 186 Å². The Morgan fingerprint density at radius 1 is 0.315 bits per heavy atom. The van der Waals surface area contributed by atoms with Crippen LogP contribution in [0.3, 0.4) is 0 Å². The molecular weight excluding hydrogens is 1210 g/mol. The van der Waals surface area contributed by atoms with Crippen LogP contribution in [0.2, 0.25) is 0 Å².